The molecular formula is C27H25FN2O3. The molecule has 5 rings (SSSR count). The molecule has 0 atom stereocenters. The molecule has 1 saturated heterocycles. The summed E-state index contributed by atoms with van der Waals surface area (Å²) >= 11 is 0. The molecule has 0 radical (unpaired) electrons. The molecule has 5 nitrogen and oxygen atoms in total. The Hall–Kier alpha value is -3.80. The third-order valence-corrected chi connectivity index (χ3v) is 5.97. The van der Waals surface area contributed by atoms with Crippen molar-refractivity contribution in [3.8, 4) is 5.75 Å². The van der Waals surface area contributed by atoms with Gasteiger partial charge in [-0.15, -0.1) is 0 Å². The van der Waals surface area contributed by atoms with E-state index in [9.17, 15) is 9.18 Å². The van der Waals surface area contributed by atoms with Gasteiger partial charge in [0.15, 0.2) is 0 Å². The number of anilines is 2. The van der Waals surface area contributed by atoms with Crippen molar-refractivity contribution in [3.63, 3.8) is 0 Å². The van der Waals surface area contributed by atoms with Crippen LogP contribution in [0.25, 0.3) is 10.8 Å². The van der Waals surface area contributed by atoms with Crippen molar-refractivity contribution in [2.24, 2.45) is 0 Å². The average Bonchev–Trinajstić information content (AvgIpc) is 3.37. The molecule has 0 bridgehead atoms. The highest BCUT2D eigenvalue weighted by Crippen LogP contribution is 2.33. The number of piperidine rings is 1. The van der Waals surface area contributed by atoms with Gasteiger partial charge in [0.1, 0.15) is 18.2 Å². The van der Waals surface area contributed by atoms with Crippen LogP contribution in [0, 0.1) is 5.82 Å². The molecule has 33 heavy (non-hydrogen) atoms. The highest BCUT2D eigenvalue weighted by Gasteiger charge is 2.17. The van der Waals surface area contributed by atoms with Crippen molar-refractivity contribution in [1.82, 2.24) is 0 Å². The summed E-state index contributed by atoms with van der Waals surface area (Å²) in [7, 11) is 0. The fraction of sp³-hybridized carbons (Fsp3) is 0.222. The topological polar surface area (TPSA) is 54.7 Å². The van der Waals surface area contributed by atoms with Gasteiger partial charge in [-0.3, -0.25) is 4.79 Å². The molecule has 0 spiro atoms. The predicted octanol–water partition coefficient (Wildman–Crippen LogP) is 6.39. The van der Waals surface area contributed by atoms with Gasteiger partial charge < -0.3 is 19.4 Å². The standard InChI is InChI=1S/C27H25FN2O3/c28-21-14-20(15-22(16-21)30-11-4-1-5-12-30)27(31)29-25-8-9-26(24-7-3-2-6-23(24)25)33-18-19-10-13-32-17-19/h2-3,6-10,13-17H,1,4-5,11-12,18H2,(H,29,31). The Morgan fingerprint density at radius 1 is 1.00 bits per heavy atom. The lowest BCUT2D eigenvalue weighted by Gasteiger charge is -2.29. The maximum absolute atomic E-state index is 14.4. The average molecular weight is 445 g/mol. The number of rotatable bonds is 6. The fourth-order valence-corrected chi connectivity index (χ4v) is 4.28. The minimum absolute atomic E-state index is 0.305. The van der Waals surface area contributed by atoms with Gasteiger partial charge in [-0.1, -0.05) is 24.3 Å². The summed E-state index contributed by atoms with van der Waals surface area (Å²) < 4.78 is 25.4. The van der Waals surface area contributed by atoms with Crippen molar-refractivity contribution in [2.45, 2.75) is 25.9 Å². The first-order valence-electron chi connectivity index (χ1n) is 11.2. The van der Waals surface area contributed by atoms with E-state index in [0.29, 0.717) is 23.6 Å². The van der Waals surface area contributed by atoms with E-state index in [2.05, 4.69) is 10.2 Å². The minimum atomic E-state index is -0.406. The van der Waals surface area contributed by atoms with Crippen molar-refractivity contribution < 1.29 is 18.3 Å². The Kier molecular flexibility index (Phi) is 5.98. The van der Waals surface area contributed by atoms with E-state index in [-0.39, 0.29) is 5.91 Å². The van der Waals surface area contributed by atoms with Crippen LogP contribution in [0.5, 0.6) is 5.75 Å². The highest BCUT2D eigenvalue weighted by atomic mass is 19.1. The maximum Gasteiger partial charge on any atom is 0.255 e. The van der Waals surface area contributed by atoms with Gasteiger partial charge in [-0.2, -0.15) is 0 Å². The van der Waals surface area contributed by atoms with Crippen LogP contribution in [0.2, 0.25) is 0 Å². The molecule has 1 aromatic heterocycles. The van der Waals surface area contributed by atoms with E-state index in [1.165, 1.54) is 18.6 Å². The molecule has 6 heteroatoms. The van der Waals surface area contributed by atoms with Gasteiger partial charge >= 0.3 is 0 Å². The first-order valence-corrected chi connectivity index (χ1v) is 11.2. The number of amides is 1. The van der Waals surface area contributed by atoms with Crippen LogP contribution in [0.3, 0.4) is 0 Å². The largest absolute Gasteiger partial charge is 0.488 e. The Morgan fingerprint density at radius 3 is 2.61 bits per heavy atom. The van der Waals surface area contributed by atoms with Crippen LogP contribution in [-0.2, 0) is 6.61 Å². The lowest BCUT2D eigenvalue weighted by atomic mass is 10.1. The van der Waals surface area contributed by atoms with Gasteiger partial charge in [0.05, 0.1) is 12.5 Å². The maximum atomic E-state index is 14.4. The Balaban J connectivity index is 1.39. The molecule has 2 heterocycles. The Labute approximate surface area is 191 Å². The van der Waals surface area contributed by atoms with E-state index in [0.717, 1.165) is 48.0 Å². The van der Waals surface area contributed by atoms with Gasteiger partial charge in [0.2, 0.25) is 0 Å². The second-order valence-electron chi connectivity index (χ2n) is 8.28. The number of halogens is 1. The number of hydrogen-bond acceptors (Lipinski definition) is 4. The zero-order valence-corrected chi connectivity index (χ0v) is 18.2. The Morgan fingerprint density at radius 2 is 1.82 bits per heavy atom. The summed E-state index contributed by atoms with van der Waals surface area (Å²) in [5, 5.41) is 4.69. The molecule has 1 aliphatic heterocycles. The van der Waals surface area contributed by atoms with E-state index >= 15 is 0 Å². The quantitative estimate of drug-likeness (QED) is 0.374. The van der Waals surface area contributed by atoms with E-state index < -0.39 is 5.82 Å². The Bertz CT molecular complexity index is 1260. The van der Waals surface area contributed by atoms with Crippen LogP contribution in [0.15, 0.2) is 77.6 Å². The number of fused-ring (bicyclic) bond motifs is 1. The van der Waals surface area contributed by atoms with E-state index in [1.807, 2.05) is 42.5 Å². The van der Waals surface area contributed by atoms with E-state index in [1.54, 1.807) is 18.6 Å². The van der Waals surface area contributed by atoms with Crippen LogP contribution in [0.4, 0.5) is 15.8 Å². The molecule has 1 aliphatic rings. The lowest BCUT2D eigenvalue weighted by Crippen LogP contribution is -2.29. The summed E-state index contributed by atoms with van der Waals surface area (Å²) in [6.45, 7) is 2.15. The van der Waals surface area contributed by atoms with Crippen LogP contribution < -0.4 is 15.0 Å². The SMILES string of the molecule is O=C(Nc1ccc(OCc2ccoc2)c2ccccc12)c1cc(F)cc(N2CCCCC2)c1. The summed E-state index contributed by atoms with van der Waals surface area (Å²) in [6, 6.07) is 17.8. The number of ether oxygens (including phenoxy) is 1. The number of nitrogens with zero attached hydrogens (tertiary/aromatic N) is 1. The van der Waals surface area contributed by atoms with Gasteiger partial charge in [0.25, 0.3) is 5.91 Å². The highest BCUT2D eigenvalue weighted by molar-refractivity contribution is 6.10. The van der Waals surface area contributed by atoms with Gasteiger partial charge in [-0.25, -0.2) is 4.39 Å². The number of benzene rings is 3. The second kappa shape index (κ2) is 9.36. The molecule has 0 unspecified atom stereocenters. The first kappa shape index (κ1) is 21.1. The van der Waals surface area contributed by atoms with Crippen molar-refractivity contribution in [3.05, 3.63) is 90.1 Å². The van der Waals surface area contributed by atoms with Crippen LogP contribution in [-0.4, -0.2) is 19.0 Å². The molecule has 1 fully saturated rings. The van der Waals surface area contributed by atoms with Crippen LogP contribution >= 0.6 is 0 Å². The van der Waals surface area contributed by atoms with Crippen molar-refractivity contribution >= 4 is 28.1 Å². The van der Waals surface area contributed by atoms with E-state index in [4.69, 9.17) is 9.15 Å². The van der Waals surface area contributed by atoms with Gasteiger partial charge in [-0.05, 0) is 55.7 Å². The molecule has 1 amide bonds. The fourth-order valence-electron chi connectivity index (χ4n) is 4.28. The number of nitrogens with one attached hydrogen (secondary N) is 1. The molecule has 0 saturated carbocycles. The first-order chi connectivity index (χ1) is 16.2. The zero-order chi connectivity index (χ0) is 22.6. The molecular weight excluding hydrogens is 419 g/mol. The molecule has 168 valence electrons. The van der Waals surface area contributed by atoms with Crippen molar-refractivity contribution in [2.75, 3.05) is 23.3 Å². The van der Waals surface area contributed by atoms with Gasteiger partial charge in [0, 0.05) is 46.4 Å². The molecule has 3 aromatic carbocycles. The summed E-state index contributed by atoms with van der Waals surface area (Å²) in [6.07, 6.45) is 6.61. The van der Waals surface area contributed by atoms with Crippen LogP contribution in [0.1, 0.15) is 35.2 Å². The smallest absolute Gasteiger partial charge is 0.255 e. The minimum Gasteiger partial charge on any atom is -0.488 e. The summed E-state index contributed by atoms with van der Waals surface area (Å²) in [5.41, 5.74) is 2.65. The molecule has 1 N–H and O–H groups in total. The number of furan rings is 1. The molecule has 4 aromatic rings. The summed E-state index contributed by atoms with van der Waals surface area (Å²) in [5.74, 6) is -0.0380. The summed E-state index contributed by atoms with van der Waals surface area (Å²) in [4.78, 5) is 15.2. The third-order valence-electron chi connectivity index (χ3n) is 5.97. The molecule has 0 aliphatic carbocycles. The normalized spacial score (nSPS) is 13.8. The number of carbonyl (C=O) groups is 1. The predicted molar refractivity (Wildman–Crippen MR) is 127 cm³/mol. The number of hydrogen-bond donors (Lipinski definition) is 1. The van der Waals surface area contributed by atoms with Crippen molar-refractivity contribution in [1.29, 1.82) is 0 Å². The monoisotopic (exact) mass is 444 g/mol. The third kappa shape index (κ3) is 4.70. The second-order valence-corrected chi connectivity index (χ2v) is 8.28. The zero-order valence-electron chi connectivity index (χ0n) is 18.2. The number of carbonyl (C=O) groups excluding carboxylic acids is 1. The lowest BCUT2D eigenvalue weighted by molar-refractivity contribution is 0.102.